The summed E-state index contributed by atoms with van der Waals surface area (Å²) in [5.74, 6) is 1.86. The van der Waals surface area contributed by atoms with Crippen LogP contribution in [0.5, 0.6) is 17.2 Å². The van der Waals surface area contributed by atoms with Crippen LogP contribution >= 0.6 is 0 Å². The van der Waals surface area contributed by atoms with E-state index in [1.54, 1.807) is 24.3 Å². The van der Waals surface area contributed by atoms with Crippen molar-refractivity contribution in [1.29, 1.82) is 0 Å². The predicted molar refractivity (Wildman–Crippen MR) is 108 cm³/mol. The van der Waals surface area contributed by atoms with Crippen molar-refractivity contribution in [3.05, 3.63) is 29.8 Å². The second-order valence-electron chi connectivity index (χ2n) is 6.26. The van der Waals surface area contributed by atoms with Crippen LogP contribution in [0.25, 0.3) is 0 Å². The Morgan fingerprint density at radius 1 is 1.00 bits per heavy atom. The van der Waals surface area contributed by atoms with Crippen molar-refractivity contribution >= 4 is 17.5 Å². The Kier molecular flexibility index (Phi) is 7.82. The highest BCUT2D eigenvalue weighted by atomic mass is 16.5. The highest BCUT2D eigenvalue weighted by Crippen LogP contribution is 2.38. The summed E-state index contributed by atoms with van der Waals surface area (Å²) >= 11 is 0. The first-order valence-corrected chi connectivity index (χ1v) is 8.82. The molecule has 0 spiro atoms. The number of rotatable bonds is 10. The van der Waals surface area contributed by atoms with Gasteiger partial charge in [-0.05, 0) is 51.3 Å². The smallest absolute Gasteiger partial charge is 0.257 e. The van der Waals surface area contributed by atoms with Gasteiger partial charge in [0.25, 0.3) is 5.91 Å². The monoisotopic (exact) mass is 389 g/mol. The van der Waals surface area contributed by atoms with Crippen LogP contribution < -0.4 is 24.8 Å². The number of hydrogen-bond donors (Lipinski definition) is 2. The molecule has 0 saturated carbocycles. The molecule has 2 aromatic rings. The summed E-state index contributed by atoms with van der Waals surface area (Å²) in [7, 11) is 8.56. The van der Waals surface area contributed by atoms with E-state index in [-0.39, 0.29) is 5.91 Å². The Labute approximate surface area is 165 Å². The molecule has 1 aromatic heterocycles. The number of benzene rings is 1. The Hall–Kier alpha value is -3.07. The van der Waals surface area contributed by atoms with Crippen LogP contribution in [-0.4, -0.2) is 69.5 Å². The number of methoxy groups -OCH3 is 3. The molecular formula is C19H27N5O4. The second-order valence-corrected chi connectivity index (χ2v) is 6.26. The standard InChI is InChI=1S/C19H27N5O4/c1-24(2)10-6-9-20-16-7-8-17(23-22-16)21-19(25)13-11-14(26-3)18(28-5)15(12-13)27-4/h7-8,11-12H,6,9-10H2,1-5H3,(H,20,22)(H,21,23,25). The Balaban J connectivity index is 2.02. The molecular weight excluding hydrogens is 362 g/mol. The first kappa shape index (κ1) is 21.2. The molecule has 1 aromatic carbocycles. The lowest BCUT2D eigenvalue weighted by Gasteiger charge is -2.14. The van der Waals surface area contributed by atoms with E-state index in [4.69, 9.17) is 14.2 Å². The van der Waals surface area contributed by atoms with Gasteiger partial charge in [0.2, 0.25) is 5.75 Å². The van der Waals surface area contributed by atoms with E-state index in [2.05, 4.69) is 25.7 Å². The van der Waals surface area contributed by atoms with Gasteiger partial charge in [-0.25, -0.2) is 0 Å². The van der Waals surface area contributed by atoms with Crippen LogP contribution in [0.2, 0.25) is 0 Å². The Morgan fingerprint density at radius 3 is 2.11 bits per heavy atom. The second kappa shape index (κ2) is 10.3. The van der Waals surface area contributed by atoms with E-state index >= 15 is 0 Å². The number of carbonyl (C=O) groups excluding carboxylic acids is 1. The summed E-state index contributed by atoms with van der Waals surface area (Å²) in [6.07, 6.45) is 0.994. The molecule has 9 heteroatoms. The van der Waals surface area contributed by atoms with Crippen LogP contribution in [0, 0.1) is 0 Å². The van der Waals surface area contributed by atoms with Gasteiger partial charge in [-0.15, -0.1) is 10.2 Å². The number of carbonyl (C=O) groups is 1. The molecule has 0 bridgehead atoms. The molecule has 0 aliphatic rings. The highest BCUT2D eigenvalue weighted by molar-refractivity contribution is 6.04. The van der Waals surface area contributed by atoms with Gasteiger partial charge in [-0.1, -0.05) is 0 Å². The minimum atomic E-state index is -0.361. The lowest BCUT2D eigenvalue weighted by molar-refractivity contribution is 0.102. The van der Waals surface area contributed by atoms with Gasteiger partial charge in [0.05, 0.1) is 21.3 Å². The zero-order valence-electron chi connectivity index (χ0n) is 16.9. The zero-order valence-corrected chi connectivity index (χ0v) is 16.9. The van der Waals surface area contributed by atoms with Crippen LogP contribution in [0.1, 0.15) is 16.8 Å². The maximum atomic E-state index is 12.6. The number of amides is 1. The van der Waals surface area contributed by atoms with Crippen LogP contribution in [0.3, 0.4) is 0 Å². The summed E-state index contributed by atoms with van der Waals surface area (Å²) in [4.78, 5) is 14.7. The molecule has 0 radical (unpaired) electrons. The van der Waals surface area contributed by atoms with Crippen molar-refractivity contribution in [1.82, 2.24) is 15.1 Å². The first-order valence-electron chi connectivity index (χ1n) is 8.82. The molecule has 1 heterocycles. The molecule has 0 unspecified atom stereocenters. The van der Waals surface area contributed by atoms with Gasteiger partial charge in [-0.3, -0.25) is 4.79 Å². The van der Waals surface area contributed by atoms with E-state index in [1.807, 2.05) is 14.1 Å². The quantitative estimate of drug-likeness (QED) is 0.597. The number of aromatic nitrogens is 2. The predicted octanol–water partition coefficient (Wildman–Crippen LogP) is 2.12. The zero-order chi connectivity index (χ0) is 20.5. The highest BCUT2D eigenvalue weighted by Gasteiger charge is 2.17. The fourth-order valence-electron chi connectivity index (χ4n) is 2.51. The SMILES string of the molecule is COc1cc(C(=O)Nc2ccc(NCCCN(C)C)nn2)cc(OC)c1OC. The molecule has 0 fully saturated rings. The molecule has 1 amide bonds. The summed E-state index contributed by atoms with van der Waals surface area (Å²) < 4.78 is 15.8. The third kappa shape index (κ3) is 5.71. The van der Waals surface area contributed by atoms with Gasteiger partial charge in [0, 0.05) is 12.1 Å². The first-order chi connectivity index (χ1) is 13.5. The molecule has 2 rings (SSSR count). The van der Waals surface area contributed by atoms with E-state index in [0.717, 1.165) is 19.5 Å². The van der Waals surface area contributed by atoms with Gasteiger partial charge in [-0.2, -0.15) is 0 Å². The minimum absolute atomic E-state index is 0.345. The summed E-state index contributed by atoms with van der Waals surface area (Å²) in [6, 6.07) is 6.61. The van der Waals surface area contributed by atoms with E-state index in [0.29, 0.717) is 34.4 Å². The van der Waals surface area contributed by atoms with Gasteiger partial charge >= 0.3 is 0 Å². The molecule has 9 nitrogen and oxygen atoms in total. The maximum absolute atomic E-state index is 12.6. The number of ether oxygens (including phenoxy) is 3. The van der Waals surface area contributed by atoms with Gasteiger partial charge < -0.3 is 29.7 Å². The topological polar surface area (TPSA) is 97.8 Å². The number of hydrogen-bond acceptors (Lipinski definition) is 8. The van der Waals surface area contributed by atoms with Crippen molar-refractivity contribution in [3.8, 4) is 17.2 Å². The average molecular weight is 389 g/mol. The maximum Gasteiger partial charge on any atom is 0.257 e. The Bertz CT molecular complexity index is 755. The fraction of sp³-hybridized carbons (Fsp3) is 0.421. The van der Waals surface area contributed by atoms with Crippen molar-refractivity contribution in [2.45, 2.75) is 6.42 Å². The van der Waals surface area contributed by atoms with E-state index in [1.165, 1.54) is 21.3 Å². The average Bonchev–Trinajstić information content (AvgIpc) is 2.70. The minimum Gasteiger partial charge on any atom is -0.493 e. The molecule has 28 heavy (non-hydrogen) atoms. The van der Waals surface area contributed by atoms with Crippen LogP contribution in [-0.2, 0) is 0 Å². The number of anilines is 2. The molecule has 152 valence electrons. The van der Waals surface area contributed by atoms with E-state index < -0.39 is 0 Å². The normalized spacial score (nSPS) is 10.5. The van der Waals surface area contributed by atoms with Crippen molar-refractivity contribution in [2.75, 3.05) is 59.1 Å². The van der Waals surface area contributed by atoms with Crippen LogP contribution in [0.15, 0.2) is 24.3 Å². The van der Waals surface area contributed by atoms with Crippen molar-refractivity contribution < 1.29 is 19.0 Å². The Morgan fingerprint density at radius 2 is 1.61 bits per heavy atom. The third-order valence-corrected chi connectivity index (χ3v) is 3.92. The lowest BCUT2D eigenvalue weighted by Crippen LogP contribution is -2.17. The molecule has 0 atom stereocenters. The van der Waals surface area contributed by atoms with Crippen molar-refractivity contribution in [2.24, 2.45) is 0 Å². The molecule has 0 aliphatic carbocycles. The van der Waals surface area contributed by atoms with E-state index in [9.17, 15) is 4.79 Å². The number of nitrogens with zero attached hydrogens (tertiary/aromatic N) is 3. The lowest BCUT2D eigenvalue weighted by atomic mass is 10.1. The summed E-state index contributed by atoms with van der Waals surface area (Å²) in [5, 5.41) is 14.0. The van der Waals surface area contributed by atoms with Gasteiger partial charge in [0.15, 0.2) is 17.3 Å². The molecule has 0 aliphatic heterocycles. The molecule has 2 N–H and O–H groups in total. The largest absolute Gasteiger partial charge is 0.493 e. The van der Waals surface area contributed by atoms with Gasteiger partial charge in [0.1, 0.15) is 5.82 Å². The third-order valence-electron chi connectivity index (χ3n) is 3.92. The summed E-state index contributed by atoms with van der Waals surface area (Å²) in [6.45, 7) is 1.79. The summed E-state index contributed by atoms with van der Waals surface area (Å²) in [5.41, 5.74) is 0.349. The van der Waals surface area contributed by atoms with Crippen molar-refractivity contribution in [3.63, 3.8) is 0 Å². The molecule has 0 saturated heterocycles. The fourth-order valence-corrected chi connectivity index (χ4v) is 2.51. The van der Waals surface area contributed by atoms with Crippen LogP contribution in [0.4, 0.5) is 11.6 Å². The number of nitrogens with one attached hydrogen (secondary N) is 2.